The molecule has 1 aromatic carbocycles. The molecule has 1 aromatic rings. The fourth-order valence-electron chi connectivity index (χ4n) is 2.87. The lowest BCUT2D eigenvalue weighted by Gasteiger charge is -2.16. The zero-order valence-corrected chi connectivity index (χ0v) is 10.4. The van der Waals surface area contributed by atoms with E-state index in [1.807, 2.05) is 0 Å². The van der Waals surface area contributed by atoms with E-state index in [0.29, 0.717) is 24.8 Å². The minimum Gasteiger partial charge on any atom is -0.481 e. The highest BCUT2D eigenvalue weighted by atomic mass is 19.1. The molecule has 0 bridgehead atoms. The first-order chi connectivity index (χ1) is 8.99. The number of aliphatic carboxylic acids is 1. The van der Waals surface area contributed by atoms with Gasteiger partial charge in [0, 0.05) is 0 Å². The van der Waals surface area contributed by atoms with Gasteiger partial charge in [0.25, 0.3) is 0 Å². The summed E-state index contributed by atoms with van der Waals surface area (Å²) in [4.78, 5) is 11.4. The number of carbonyl (C=O) groups is 1. The van der Waals surface area contributed by atoms with Gasteiger partial charge in [0.15, 0.2) is 0 Å². The van der Waals surface area contributed by atoms with Crippen LogP contribution >= 0.6 is 0 Å². The monoisotopic (exact) mass is 266 g/mol. The van der Waals surface area contributed by atoms with E-state index < -0.39 is 19.0 Å². The first kappa shape index (κ1) is 14.0. The number of benzene rings is 1. The summed E-state index contributed by atoms with van der Waals surface area (Å²) >= 11 is 0. The average molecular weight is 266 g/mol. The van der Waals surface area contributed by atoms with E-state index in [1.165, 1.54) is 12.1 Å². The normalized spacial score (nSPS) is 21.2. The molecule has 102 valence electrons. The predicted molar refractivity (Wildman–Crippen MR) is 68.2 cm³/mol. The van der Waals surface area contributed by atoms with E-state index in [4.69, 9.17) is 10.0 Å². The van der Waals surface area contributed by atoms with Crippen LogP contribution in [0, 0.1) is 11.7 Å². The molecule has 19 heavy (non-hydrogen) atoms. The molecule has 0 fully saturated rings. The molecule has 4 nitrogen and oxygen atoms in total. The van der Waals surface area contributed by atoms with Gasteiger partial charge in [0.1, 0.15) is 5.82 Å². The van der Waals surface area contributed by atoms with Crippen LogP contribution in [0.2, 0.25) is 6.32 Å². The summed E-state index contributed by atoms with van der Waals surface area (Å²) in [5.41, 5.74) is 1.44. The van der Waals surface area contributed by atoms with Crippen LogP contribution < -0.4 is 0 Å². The molecular weight excluding hydrogens is 250 g/mol. The standard InChI is InChI=1S/C13H16BFO4/c15-10-3-4-11-9(7-10)6-8(12(11)13(16)17)2-1-5-14(18)19/h3-4,7-8,12,18-19H,1-2,5-6H2,(H,16,17). The minimum absolute atomic E-state index is 0.104. The molecule has 0 spiro atoms. The molecule has 2 atom stereocenters. The fourth-order valence-corrected chi connectivity index (χ4v) is 2.87. The van der Waals surface area contributed by atoms with E-state index in [0.717, 1.165) is 5.56 Å². The van der Waals surface area contributed by atoms with E-state index in [-0.39, 0.29) is 18.1 Å². The van der Waals surface area contributed by atoms with Crippen molar-refractivity contribution in [2.45, 2.75) is 31.5 Å². The van der Waals surface area contributed by atoms with Crippen molar-refractivity contribution in [2.24, 2.45) is 5.92 Å². The maximum absolute atomic E-state index is 13.2. The molecule has 0 radical (unpaired) electrons. The molecule has 1 aliphatic rings. The Labute approximate surface area is 111 Å². The predicted octanol–water partition coefficient (Wildman–Crippen LogP) is 1.42. The van der Waals surface area contributed by atoms with Gasteiger partial charge in [-0.2, -0.15) is 0 Å². The van der Waals surface area contributed by atoms with Crippen LogP contribution in [0.3, 0.4) is 0 Å². The number of halogens is 1. The van der Waals surface area contributed by atoms with E-state index in [9.17, 15) is 14.3 Å². The molecule has 0 aromatic heterocycles. The Morgan fingerprint density at radius 1 is 1.42 bits per heavy atom. The van der Waals surface area contributed by atoms with Crippen LogP contribution in [0.4, 0.5) is 4.39 Å². The number of carboxylic acids is 1. The molecule has 3 N–H and O–H groups in total. The summed E-state index contributed by atoms with van der Waals surface area (Å²) in [6.45, 7) is 0. The summed E-state index contributed by atoms with van der Waals surface area (Å²) in [6.07, 6.45) is 1.90. The van der Waals surface area contributed by atoms with E-state index in [2.05, 4.69) is 0 Å². The highest BCUT2D eigenvalue weighted by Crippen LogP contribution is 2.41. The third-order valence-electron chi connectivity index (χ3n) is 3.70. The van der Waals surface area contributed by atoms with Gasteiger partial charge in [0.05, 0.1) is 5.92 Å². The molecule has 0 amide bonds. The average Bonchev–Trinajstić information content (AvgIpc) is 2.65. The molecular formula is C13H16BFO4. The lowest BCUT2D eigenvalue weighted by Crippen LogP contribution is -2.18. The second-order valence-corrected chi connectivity index (χ2v) is 5.03. The topological polar surface area (TPSA) is 77.8 Å². The number of carboxylic acid groups (broad SMARTS) is 1. The largest absolute Gasteiger partial charge is 0.481 e. The summed E-state index contributed by atoms with van der Waals surface area (Å²) in [5, 5.41) is 26.9. The zero-order chi connectivity index (χ0) is 14.0. The SMILES string of the molecule is O=C(O)C1c2ccc(F)cc2CC1CCCB(O)O. The third-order valence-corrected chi connectivity index (χ3v) is 3.70. The number of hydrogen-bond donors (Lipinski definition) is 3. The zero-order valence-electron chi connectivity index (χ0n) is 10.4. The van der Waals surface area contributed by atoms with Crippen molar-refractivity contribution >= 4 is 13.1 Å². The van der Waals surface area contributed by atoms with Crippen molar-refractivity contribution in [1.29, 1.82) is 0 Å². The lowest BCUT2D eigenvalue weighted by molar-refractivity contribution is -0.139. The van der Waals surface area contributed by atoms with Gasteiger partial charge in [-0.25, -0.2) is 4.39 Å². The lowest BCUT2D eigenvalue weighted by atomic mass is 9.80. The van der Waals surface area contributed by atoms with Gasteiger partial charge < -0.3 is 15.2 Å². The second kappa shape index (κ2) is 5.71. The summed E-state index contributed by atoms with van der Waals surface area (Å²) < 4.78 is 13.2. The summed E-state index contributed by atoms with van der Waals surface area (Å²) in [6, 6.07) is 4.23. The van der Waals surface area contributed by atoms with Gasteiger partial charge in [-0.15, -0.1) is 0 Å². The van der Waals surface area contributed by atoms with Gasteiger partial charge in [-0.05, 0) is 48.3 Å². The first-order valence-corrected chi connectivity index (χ1v) is 6.36. The Bertz CT molecular complexity index is 478. The molecule has 0 saturated carbocycles. The first-order valence-electron chi connectivity index (χ1n) is 6.36. The maximum Gasteiger partial charge on any atom is 0.451 e. The summed E-state index contributed by atoms with van der Waals surface area (Å²) in [5.74, 6) is -1.98. The molecule has 6 heteroatoms. The van der Waals surface area contributed by atoms with Crippen LogP contribution in [-0.2, 0) is 11.2 Å². The Morgan fingerprint density at radius 3 is 2.79 bits per heavy atom. The van der Waals surface area contributed by atoms with Crippen molar-refractivity contribution in [3.8, 4) is 0 Å². The Kier molecular flexibility index (Phi) is 4.22. The van der Waals surface area contributed by atoms with Crippen LogP contribution in [0.25, 0.3) is 0 Å². The molecule has 0 heterocycles. The molecule has 1 aliphatic carbocycles. The van der Waals surface area contributed by atoms with E-state index >= 15 is 0 Å². The van der Waals surface area contributed by atoms with Crippen molar-refractivity contribution < 1.29 is 24.3 Å². The number of hydrogen-bond acceptors (Lipinski definition) is 3. The smallest absolute Gasteiger partial charge is 0.451 e. The Morgan fingerprint density at radius 2 is 2.16 bits per heavy atom. The minimum atomic E-state index is -1.36. The van der Waals surface area contributed by atoms with Crippen LogP contribution in [0.15, 0.2) is 18.2 Å². The van der Waals surface area contributed by atoms with Crippen LogP contribution in [0.5, 0.6) is 0 Å². The van der Waals surface area contributed by atoms with E-state index in [1.54, 1.807) is 6.07 Å². The van der Waals surface area contributed by atoms with Crippen LogP contribution in [-0.4, -0.2) is 28.2 Å². The highest BCUT2D eigenvalue weighted by Gasteiger charge is 2.37. The molecule has 0 saturated heterocycles. The van der Waals surface area contributed by atoms with Crippen LogP contribution in [0.1, 0.15) is 29.9 Å². The molecule has 2 rings (SSSR count). The molecule has 2 unspecified atom stereocenters. The number of fused-ring (bicyclic) bond motifs is 1. The van der Waals surface area contributed by atoms with Gasteiger partial charge in [-0.1, -0.05) is 12.5 Å². The van der Waals surface area contributed by atoms with Crippen molar-refractivity contribution in [3.63, 3.8) is 0 Å². The Balaban J connectivity index is 2.12. The quantitative estimate of drug-likeness (QED) is 0.704. The Hall–Kier alpha value is -1.40. The van der Waals surface area contributed by atoms with Gasteiger partial charge in [0.2, 0.25) is 0 Å². The fraction of sp³-hybridized carbons (Fsp3) is 0.462. The number of rotatable bonds is 5. The molecule has 0 aliphatic heterocycles. The second-order valence-electron chi connectivity index (χ2n) is 5.03. The third kappa shape index (κ3) is 3.14. The van der Waals surface area contributed by atoms with Crippen molar-refractivity contribution in [1.82, 2.24) is 0 Å². The highest BCUT2D eigenvalue weighted by molar-refractivity contribution is 6.40. The summed E-state index contributed by atoms with van der Waals surface area (Å²) in [7, 11) is -1.36. The van der Waals surface area contributed by atoms with Gasteiger partial charge in [-0.3, -0.25) is 4.79 Å². The van der Waals surface area contributed by atoms with Gasteiger partial charge >= 0.3 is 13.1 Å². The van der Waals surface area contributed by atoms with Crippen molar-refractivity contribution in [2.75, 3.05) is 0 Å². The maximum atomic E-state index is 13.2. The van der Waals surface area contributed by atoms with Crippen molar-refractivity contribution in [3.05, 3.63) is 35.1 Å².